The van der Waals surface area contributed by atoms with Crippen molar-refractivity contribution in [1.29, 1.82) is 0 Å². The number of pyridine rings is 1. The quantitative estimate of drug-likeness (QED) is 0.319. The maximum absolute atomic E-state index is 11.1. The fourth-order valence-corrected chi connectivity index (χ4v) is 3.87. The summed E-state index contributed by atoms with van der Waals surface area (Å²) in [6, 6.07) is 20.0. The Morgan fingerprint density at radius 3 is 2.35 bits per heavy atom. The lowest BCUT2D eigenvalue weighted by molar-refractivity contribution is -0.137. The number of hydrogen-bond donors (Lipinski definition) is 1. The molecule has 172 valence electrons. The Morgan fingerprint density at radius 1 is 1.00 bits per heavy atom. The molecular formula is C29H28N2O3. The molecule has 34 heavy (non-hydrogen) atoms. The standard InChI is InChI=1S/C29H28N2O3/c1-4-5-25(16-29(32)33)23-11-13-26(14-12-23)34-19-21-6-15-28-30-27(18-31(28)17-21)24-9-7-22(8-10-24)20(2)3/h6-15,17-18,20,25H,16,19H2,1-3H3,(H,32,33). The predicted octanol–water partition coefficient (Wildman–Crippen LogP) is 6.29. The summed E-state index contributed by atoms with van der Waals surface area (Å²) in [5, 5.41) is 9.11. The van der Waals surface area contributed by atoms with E-state index < -0.39 is 5.97 Å². The SMILES string of the molecule is CC#CC(CC(=O)O)c1ccc(OCc2ccc3nc(-c4ccc(C(C)C)cc4)cn3c2)cc1. The van der Waals surface area contributed by atoms with Crippen LogP contribution < -0.4 is 4.74 Å². The zero-order valence-corrected chi connectivity index (χ0v) is 19.7. The minimum Gasteiger partial charge on any atom is -0.489 e. The van der Waals surface area contributed by atoms with Gasteiger partial charge in [-0.2, -0.15) is 0 Å². The zero-order chi connectivity index (χ0) is 24.1. The van der Waals surface area contributed by atoms with E-state index >= 15 is 0 Å². The average Bonchev–Trinajstić information content (AvgIpc) is 3.26. The minimum atomic E-state index is -0.862. The highest BCUT2D eigenvalue weighted by molar-refractivity contribution is 5.69. The van der Waals surface area contributed by atoms with Gasteiger partial charge in [-0.25, -0.2) is 4.98 Å². The van der Waals surface area contributed by atoms with Crippen molar-refractivity contribution in [2.45, 2.75) is 45.6 Å². The van der Waals surface area contributed by atoms with Crippen molar-refractivity contribution < 1.29 is 14.6 Å². The second-order valence-corrected chi connectivity index (χ2v) is 8.61. The van der Waals surface area contributed by atoms with Crippen LogP contribution in [0.15, 0.2) is 73.1 Å². The van der Waals surface area contributed by atoms with Gasteiger partial charge in [-0.1, -0.05) is 62.2 Å². The highest BCUT2D eigenvalue weighted by atomic mass is 16.5. The summed E-state index contributed by atoms with van der Waals surface area (Å²) in [7, 11) is 0. The third-order valence-corrected chi connectivity index (χ3v) is 5.77. The minimum absolute atomic E-state index is 0.0180. The molecule has 1 N–H and O–H groups in total. The van der Waals surface area contributed by atoms with Gasteiger partial charge in [0, 0.05) is 23.5 Å². The highest BCUT2D eigenvalue weighted by Crippen LogP contribution is 2.24. The Morgan fingerprint density at radius 2 is 1.71 bits per heavy atom. The van der Waals surface area contributed by atoms with Gasteiger partial charge in [0.15, 0.2) is 0 Å². The molecule has 0 radical (unpaired) electrons. The molecule has 2 heterocycles. The van der Waals surface area contributed by atoms with E-state index in [1.807, 2.05) is 53.2 Å². The van der Waals surface area contributed by atoms with Crippen LogP contribution in [0.1, 0.15) is 55.7 Å². The number of fused-ring (bicyclic) bond motifs is 1. The van der Waals surface area contributed by atoms with Crippen LogP contribution in [0.2, 0.25) is 0 Å². The molecule has 1 atom stereocenters. The monoisotopic (exact) mass is 452 g/mol. The summed E-state index contributed by atoms with van der Waals surface area (Å²) < 4.78 is 7.98. The van der Waals surface area contributed by atoms with Gasteiger partial charge in [0.1, 0.15) is 18.0 Å². The maximum atomic E-state index is 11.1. The van der Waals surface area contributed by atoms with E-state index in [1.165, 1.54) is 5.56 Å². The van der Waals surface area contributed by atoms with Crippen molar-refractivity contribution in [3.8, 4) is 28.8 Å². The van der Waals surface area contributed by atoms with Gasteiger partial charge >= 0.3 is 5.97 Å². The summed E-state index contributed by atoms with van der Waals surface area (Å²) in [6.45, 7) is 6.51. The van der Waals surface area contributed by atoms with E-state index in [0.29, 0.717) is 12.5 Å². The molecule has 0 aliphatic rings. The third kappa shape index (κ3) is 5.47. The van der Waals surface area contributed by atoms with Crippen molar-refractivity contribution in [3.63, 3.8) is 0 Å². The fourth-order valence-electron chi connectivity index (χ4n) is 3.87. The predicted molar refractivity (Wildman–Crippen MR) is 134 cm³/mol. The Hall–Kier alpha value is -4.04. The summed E-state index contributed by atoms with van der Waals surface area (Å²) in [4.78, 5) is 15.8. The van der Waals surface area contributed by atoms with E-state index in [1.54, 1.807) is 6.92 Å². The molecule has 0 bridgehead atoms. The van der Waals surface area contributed by atoms with Crippen LogP contribution in [-0.4, -0.2) is 20.5 Å². The van der Waals surface area contributed by atoms with Crippen molar-refractivity contribution >= 4 is 11.6 Å². The molecular weight excluding hydrogens is 424 g/mol. The molecule has 0 fully saturated rings. The van der Waals surface area contributed by atoms with E-state index in [-0.39, 0.29) is 12.3 Å². The number of benzene rings is 2. The van der Waals surface area contributed by atoms with Crippen LogP contribution in [0.3, 0.4) is 0 Å². The van der Waals surface area contributed by atoms with Crippen LogP contribution in [0.25, 0.3) is 16.9 Å². The number of hydrogen-bond acceptors (Lipinski definition) is 3. The number of rotatable bonds is 8. The van der Waals surface area contributed by atoms with Crippen molar-refractivity contribution in [3.05, 3.63) is 89.7 Å². The third-order valence-electron chi connectivity index (χ3n) is 5.77. The molecule has 0 aliphatic carbocycles. The van der Waals surface area contributed by atoms with Gasteiger partial charge in [-0.15, -0.1) is 5.92 Å². The van der Waals surface area contributed by atoms with Gasteiger partial charge in [-0.3, -0.25) is 4.79 Å². The Balaban J connectivity index is 1.44. The van der Waals surface area contributed by atoms with E-state index in [0.717, 1.165) is 33.8 Å². The molecule has 4 rings (SSSR count). The maximum Gasteiger partial charge on any atom is 0.304 e. The molecule has 0 spiro atoms. The van der Waals surface area contributed by atoms with Gasteiger partial charge in [-0.05, 0) is 42.2 Å². The number of ether oxygens (including phenoxy) is 1. The number of carboxylic acids is 1. The Labute approximate surface area is 200 Å². The Bertz CT molecular complexity index is 1340. The summed E-state index contributed by atoms with van der Waals surface area (Å²) in [5.74, 6) is 5.82. The van der Waals surface area contributed by atoms with E-state index in [9.17, 15) is 4.79 Å². The summed E-state index contributed by atoms with van der Waals surface area (Å²) in [6.07, 6.45) is 4.05. The zero-order valence-electron chi connectivity index (χ0n) is 19.7. The molecule has 0 saturated carbocycles. The topological polar surface area (TPSA) is 63.8 Å². The second-order valence-electron chi connectivity index (χ2n) is 8.61. The number of imidazole rings is 1. The first kappa shape index (κ1) is 23.1. The first-order valence-corrected chi connectivity index (χ1v) is 11.4. The number of carboxylic acid groups (broad SMARTS) is 1. The summed E-state index contributed by atoms with van der Waals surface area (Å²) >= 11 is 0. The van der Waals surface area contributed by atoms with Gasteiger partial charge in [0.05, 0.1) is 18.0 Å². The molecule has 0 amide bonds. The van der Waals surface area contributed by atoms with Gasteiger partial charge < -0.3 is 14.2 Å². The first-order chi connectivity index (χ1) is 16.4. The lowest BCUT2D eigenvalue weighted by Crippen LogP contribution is -2.04. The van der Waals surface area contributed by atoms with Crippen molar-refractivity contribution in [2.24, 2.45) is 0 Å². The van der Waals surface area contributed by atoms with Crippen molar-refractivity contribution in [2.75, 3.05) is 0 Å². The fraction of sp³-hybridized carbons (Fsp3) is 0.241. The molecule has 5 heteroatoms. The van der Waals surface area contributed by atoms with Crippen molar-refractivity contribution in [1.82, 2.24) is 9.38 Å². The molecule has 0 saturated heterocycles. The number of carbonyl (C=O) groups is 1. The highest BCUT2D eigenvalue weighted by Gasteiger charge is 2.13. The Kier molecular flexibility index (Phi) is 6.98. The number of aliphatic carboxylic acids is 1. The van der Waals surface area contributed by atoms with E-state index in [4.69, 9.17) is 14.8 Å². The molecule has 2 aromatic carbocycles. The van der Waals surface area contributed by atoms with E-state index in [2.05, 4.69) is 50.0 Å². The average molecular weight is 453 g/mol. The molecule has 4 aromatic rings. The van der Waals surface area contributed by atoms with Gasteiger partial charge in [0.25, 0.3) is 0 Å². The largest absolute Gasteiger partial charge is 0.489 e. The van der Waals surface area contributed by atoms with Crippen LogP contribution in [-0.2, 0) is 11.4 Å². The lowest BCUT2D eigenvalue weighted by atomic mass is 9.96. The summed E-state index contributed by atoms with van der Waals surface area (Å²) in [5.41, 5.74) is 6.14. The smallest absolute Gasteiger partial charge is 0.304 e. The normalized spacial score (nSPS) is 11.8. The van der Waals surface area contributed by atoms with Crippen LogP contribution in [0, 0.1) is 11.8 Å². The lowest BCUT2D eigenvalue weighted by Gasteiger charge is -2.11. The number of nitrogens with zero attached hydrogens (tertiary/aromatic N) is 2. The molecule has 0 aliphatic heterocycles. The van der Waals surface area contributed by atoms with Crippen LogP contribution in [0.5, 0.6) is 5.75 Å². The van der Waals surface area contributed by atoms with Gasteiger partial charge in [0.2, 0.25) is 0 Å². The molecule has 2 aromatic heterocycles. The molecule has 5 nitrogen and oxygen atoms in total. The second kappa shape index (κ2) is 10.3. The molecule has 1 unspecified atom stereocenters. The first-order valence-electron chi connectivity index (χ1n) is 11.4. The number of aromatic nitrogens is 2. The van der Waals surface area contributed by atoms with Crippen LogP contribution in [0.4, 0.5) is 0 Å². The van der Waals surface area contributed by atoms with Crippen LogP contribution >= 0.6 is 0 Å².